The number of rotatable bonds is 2. The van der Waals surface area contributed by atoms with Gasteiger partial charge in [0.1, 0.15) is 16.8 Å². The van der Waals surface area contributed by atoms with Crippen LogP contribution in [0.15, 0.2) is 27.2 Å². The summed E-state index contributed by atoms with van der Waals surface area (Å²) in [5.41, 5.74) is 1.79. The highest BCUT2D eigenvalue weighted by molar-refractivity contribution is 9.12. The van der Waals surface area contributed by atoms with Crippen molar-refractivity contribution in [3.63, 3.8) is 0 Å². The van der Waals surface area contributed by atoms with Crippen LogP contribution in [0, 0.1) is 0 Å². The highest BCUT2D eigenvalue weighted by atomic mass is 79.9. The average molecular weight is 348 g/mol. The summed E-state index contributed by atoms with van der Waals surface area (Å²) >= 11 is 6.63. The smallest absolute Gasteiger partial charge is 0.346 e. The molecule has 1 aromatic rings. The molecule has 1 heterocycles. The van der Waals surface area contributed by atoms with E-state index in [0.29, 0.717) is 11.1 Å². The molecule has 0 spiro atoms. The summed E-state index contributed by atoms with van der Waals surface area (Å²) in [6.45, 7) is 0.304. The number of carbonyl (C=O) groups is 1. The van der Waals surface area contributed by atoms with Crippen LogP contribution in [0.1, 0.15) is 5.56 Å². The molecule has 0 fully saturated rings. The predicted molar refractivity (Wildman–Crippen MR) is 67.5 cm³/mol. The van der Waals surface area contributed by atoms with Crippen molar-refractivity contribution in [3.05, 3.63) is 32.7 Å². The molecular weight excluding hydrogens is 340 g/mol. The lowest BCUT2D eigenvalue weighted by atomic mass is 10.1. The largest absolute Gasteiger partial charge is 0.496 e. The molecule has 0 atom stereocenters. The molecule has 0 unspecified atom stereocenters. The summed E-state index contributed by atoms with van der Waals surface area (Å²) in [6, 6.07) is 5.63. The first-order chi connectivity index (χ1) is 7.63. The van der Waals surface area contributed by atoms with Crippen molar-refractivity contribution < 1.29 is 14.3 Å². The van der Waals surface area contributed by atoms with Crippen LogP contribution in [0.5, 0.6) is 5.75 Å². The zero-order valence-corrected chi connectivity index (χ0v) is 11.6. The van der Waals surface area contributed by atoms with Crippen LogP contribution in [0.25, 0.3) is 5.57 Å². The zero-order chi connectivity index (χ0) is 11.7. The Hall–Kier alpha value is -0.810. The minimum Gasteiger partial charge on any atom is -0.496 e. The van der Waals surface area contributed by atoms with E-state index in [1.54, 1.807) is 7.11 Å². The molecule has 0 bridgehead atoms. The minimum absolute atomic E-state index is 0.304. The van der Waals surface area contributed by atoms with Gasteiger partial charge >= 0.3 is 5.97 Å². The maximum atomic E-state index is 11.2. The Morgan fingerprint density at radius 3 is 2.62 bits per heavy atom. The fourth-order valence-electron chi connectivity index (χ4n) is 1.45. The maximum Gasteiger partial charge on any atom is 0.346 e. The molecule has 1 aliphatic heterocycles. The predicted octanol–water partition coefficient (Wildman–Crippen LogP) is 3.12. The number of ether oxygens (including phenoxy) is 2. The SMILES string of the molecule is COc1ccc(C2=C(Br)C(=O)OC2)cc1Br. The molecule has 0 radical (unpaired) electrons. The highest BCUT2D eigenvalue weighted by Crippen LogP contribution is 2.33. The van der Waals surface area contributed by atoms with E-state index in [1.165, 1.54) is 0 Å². The van der Waals surface area contributed by atoms with Crippen LogP contribution in [0.3, 0.4) is 0 Å². The topological polar surface area (TPSA) is 35.5 Å². The van der Waals surface area contributed by atoms with Gasteiger partial charge in [0, 0.05) is 5.57 Å². The average Bonchev–Trinajstić information content (AvgIpc) is 2.60. The van der Waals surface area contributed by atoms with E-state index in [1.807, 2.05) is 18.2 Å². The van der Waals surface area contributed by atoms with Gasteiger partial charge in [-0.05, 0) is 49.6 Å². The number of hydrogen-bond donors (Lipinski definition) is 0. The fourth-order valence-corrected chi connectivity index (χ4v) is 2.45. The summed E-state index contributed by atoms with van der Waals surface area (Å²) in [6.07, 6.45) is 0. The molecule has 0 N–H and O–H groups in total. The monoisotopic (exact) mass is 346 g/mol. The third-order valence-corrected chi connectivity index (χ3v) is 3.71. The molecule has 84 valence electrons. The van der Waals surface area contributed by atoms with Crippen molar-refractivity contribution in [2.75, 3.05) is 13.7 Å². The first-order valence-electron chi connectivity index (χ1n) is 4.53. The van der Waals surface area contributed by atoms with Crippen LogP contribution in [0.2, 0.25) is 0 Å². The first-order valence-corrected chi connectivity index (χ1v) is 6.11. The Morgan fingerprint density at radius 2 is 2.12 bits per heavy atom. The summed E-state index contributed by atoms with van der Waals surface area (Å²) < 4.78 is 11.4. The van der Waals surface area contributed by atoms with Gasteiger partial charge in [-0.15, -0.1) is 0 Å². The molecule has 0 saturated heterocycles. The van der Waals surface area contributed by atoms with Crippen molar-refractivity contribution in [1.29, 1.82) is 0 Å². The molecule has 1 aromatic carbocycles. The standard InChI is InChI=1S/C11H8Br2O3/c1-15-9-3-2-6(4-8(9)12)7-5-16-11(14)10(7)13/h2-4H,5H2,1H3. The molecule has 5 heteroatoms. The molecular formula is C11H8Br2O3. The Balaban J connectivity index is 2.43. The van der Waals surface area contributed by atoms with Gasteiger partial charge in [-0.25, -0.2) is 4.79 Å². The zero-order valence-electron chi connectivity index (χ0n) is 8.42. The Morgan fingerprint density at radius 1 is 1.38 bits per heavy atom. The lowest BCUT2D eigenvalue weighted by molar-refractivity contribution is -0.135. The quantitative estimate of drug-likeness (QED) is 0.771. The highest BCUT2D eigenvalue weighted by Gasteiger charge is 2.23. The van der Waals surface area contributed by atoms with Crippen molar-refractivity contribution >= 4 is 43.4 Å². The third kappa shape index (κ3) is 2.01. The van der Waals surface area contributed by atoms with E-state index in [2.05, 4.69) is 31.9 Å². The second-order valence-electron chi connectivity index (χ2n) is 3.22. The van der Waals surface area contributed by atoms with E-state index in [-0.39, 0.29) is 5.97 Å². The van der Waals surface area contributed by atoms with Gasteiger partial charge in [0.15, 0.2) is 0 Å². The molecule has 0 aromatic heterocycles. The molecule has 2 rings (SSSR count). The summed E-state index contributed by atoms with van der Waals surface area (Å²) in [7, 11) is 1.61. The van der Waals surface area contributed by atoms with Gasteiger partial charge in [0.25, 0.3) is 0 Å². The van der Waals surface area contributed by atoms with Crippen LogP contribution in [-0.4, -0.2) is 19.7 Å². The van der Waals surface area contributed by atoms with Crippen LogP contribution in [-0.2, 0) is 9.53 Å². The van der Waals surface area contributed by atoms with E-state index >= 15 is 0 Å². The summed E-state index contributed by atoms with van der Waals surface area (Å²) in [5.74, 6) is 0.438. The fraction of sp³-hybridized carbons (Fsp3) is 0.182. The minimum atomic E-state index is -0.318. The lowest BCUT2D eigenvalue weighted by Gasteiger charge is -2.06. The second kappa shape index (κ2) is 4.59. The van der Waals surface area contributed by atoms with Gasteiger partial charge in [0.2, 0.25) is 0 Å². The van der Waals surface area contributed by atoms with E-state index in [0.717, 1.165) is 21.4 Å². The number of esters is 1. The van der Waals surface area contributed by atoms with E-state index in [9.17, 15) is 4.79 Å². The van der Waals surface area contributed by atoms with E-state index < -0.39 is 0 Å². The maximum absolute atomic E-state index is 11.2. The summed E-state index contributed by atoms with van der Waals surface area (Å²) in [5, 5.41) is 0. The number of carbonyl (C=O) groups excluding carboxylic acids is 1. The number of halogens is 2. The second-order valence-corrected chi connectivity index (χ2v) is 4.87. The van der Waals surface area contributed by atoms with Crippen molar-refractivity contribution in [2.24, 2.45) is 0 Å². The van der Waals surface area contributed by atoms with Gasteiger partial charge in [0.05, 0.1) is 11.6 Å². The van der Waals surface area contributed by atoms with Crippen LogP contribution >= 0.6 is 31.9 Å². The van der Waals surface area contributed by atoms with Gasteiger partial charge in [-0.3, -0.25) is 0 Å². The van der Waals surface area contributed by atoms with Gasteiger partial charge in [-0.1, -0.05) is 6.07 Å². The Kier molecular flexibility index (Phi) is 3.35. The molecule has 1 aliphatic rings. The van der Waals surface area contributed by atoms with Gasteiger partial charge < -0.3 is 9.47 Å². The normalized spacial score (nSPS) is 15.3. The number of benzene rings is 1. The summed E-state index contributed by atoms with van der Waals surface area (Å²) in [4.78, 5) is 11.2. The van der Waals surface area contributed by atoms with Crippen molar-refractivity contribution in [1.82, 2.24) is 0 Å². The Bertz CT molecular complexity index is 480. The number of hydrogen-bond acceptors (Lipinski definition) is 3. The number of methoxy groups -OCH3 is 1. The first kappa shape index (κ1) is 11.7. The molecule has 16 heavy (non-hydrogen) atoms. The Labute approximate surface area is 110 Å². The lowest BCUT2D eigenvalue weighted by Crippen LogP contribution is -1.93. The molecule has 3 nitrogen and oxygen atoms in total. The van der Waals surface area contributed by atoms with Gasteiger partial charge in [-0.2, -0.15) is 0 Å². The van der Waals surface area contributed by atoms with Crippen LogP contribution < -0.4 is 4.74 Å². The van der Waals surface area contributed by atoms with E-state index in [4.69, 9.17) is 9.47 Å². The molecule has 0 saturated carbocycles. The number of cyclic esters (lactones) is 1. The van der Waals surface area contributed by atoms with Crippen molar-refractivity contribution in [2.45, 2.75) is 0 Å². The van der Waals surface area contributed by atoms with Crippen molar-refractivity contribution in [3.8, 4) is 5.75 Å². The third-order valence-electron chi connectivity index (χ3n) is 2.29. The molecule has 0 amide bonds. The molecule has 0 aliphatic carbocycles. The van der Waals surface area contributed by atoms with Crippen LogP contribution in [0.4, 0.5) is 0 Å².